The normalized spacial score (nSPS) is 32.9. The van der Waals surface area contributed by atoms with Gasteiger partial charge in [0.1, 0.15) is 6.10 Å². The number of carbonyl (C=O) groups is 2. The molecule has 0 aliphatic heterocycles. The Balaban J connectivity index is 2.29. The van der Waals surface area contributed by atoms with Gasteiger partial charge >= 0.3 is 11.9 Å². The highest BCUT2D eigenvalue weighted by atomic mass is 16.5. The van der Waals surface area contributed by atoms with E-state index in [0.29, 0.717) is 11.5 Å². The molecule has 4 unspecified atom stereocenters. The van der Waals surface area contributed by atoms with Crippen LogP contribution in [-0.4, -0.2) is 23.1 Å². The quantitative estimate of drug-likeness (QED) is 0.492. The van der Waals surface area contributed by atoms with E-state index in [9.17, 15) is 9.59 Å². The van der Waals surface area contributed by atoms with Gasteiger partial charge in [-0.2, -0.15) is 0 Å². The fraction of sp³-hybridized carbons (Fsp3) is 0.647. The van der Waals surface area contributed by atoms with Gasteiger partial charge in [0.05, 0.1) is 0 Å². The number of ether oxygens (including phenoxy) is 1. The molecular weight excluding hydrogens is 268 g/mol. The highest BCUT2D eigenvalue weighted by Crippen LogP contribution is 2.49. The molecule has 0 radical (unpaired) electrons. The van der Waals surface area contributed by atoms with E-state index in [4.69, 9.17) is 9.84 Å². The Labute approximate surface area is 125 Å². The smallest absolute Gasteiger partial charge is 0.330 e. The molecular formula is C17H24O4. The summed E-state index contributed by atoms with van der Waals surface area (Å²) in [7, 11) is 0. The molecule has 0 amide bonds. The van der Waals surface area contributed by atoms with E-state index in [2.05, 4.69) is 13.8 Å². The van der Waals surface area contributed by atoms with Gasteiger partial charge in [-0.05, 0) is 38.5 Å². The number of carbonyl (C=O) groups excluding carboxylic acids is 1. The number of carboxylic acid groups (broad SMARTS) is 1. The molecule has 4 heteroatoms. The zero-order chi connectivity index (χ0) is 15.7. The summed E-state index contributed by atoms with van der Waals surface area (Å²) >= 11 is 0. The van der Waals surface area contributed by atoms with Crippen molar-refractivity contribution in [2.75, 3.05) is 0 Å². The molecule has 0 bridgehead atoms. The van der Waals surface area contributed by atoms with Crippen LogP contribution in [0.3, 0.4) is 0 Å². The summed E-state index contributed by atoms with van der Waals surface area (Å²) in [6.45, 7) is 7.38. The minimum atomic E-state index is -0.863. The fourth-order valence-electron chi connectivity index (χ4n) is 3.92. The number of allylic oxidation sites excluding steroid dienone is 1. The van der Waals surface area contributed by atoms with E-state index in [1.54, 1.807) is 6.92 Å². The minimum Gasteiger partial charge on any atom is -0.478 e. The molecule has 0 saturated heterocycles. The van der Waals surface area contributed by atoms with Crippen molar-refractivity contribution in [2.24, 2.45) is 17.8 Å². The third-order valence-electron chi connectivity index (χ3n) is 4.81. The van der Waals surface area contributed by atoms with Crippen LogP contribution in [0, 0.1) is 17.8 Å². The van der Waals surface area contributed by atoms with Crippen LogP contribution in [0.1, 0.15) is 47.0 Å². The largest absolute Gasteiger partial charge is 0.478 e. The predicted molar refractivity (Wildman–Crippen MR) is 79.6 cm³/mol. The summed E-state index contributed by atoms with van der Waals surface area (Å²) in [5, 5.41) is 9.09. The Morgan fingerprint density at radius 1 is 1.29 bits per heavy atom. The Bertz CT molecular complexity index is 515. The standard InChI is InChI=1S/C17H24O4/c1-9-5-6-13(7-11(3)17(19)20)15-10(2)8-14(16(9)15)21-12(4)18/h7,9,13-14,16H,5-6,8H2,1-4H3,(H,19,20). The molecule has 4 nitrogen and oxygen atoms in total. The van der Waals surface area contributed by atoms with Crippen molar-refractivity contribution in [2.45, 2.75) is 53.1 Å². The second-order valence-corrected chi connectivity index (χ2v) is 6.43. The van der Waals surface area contributed by atoms with Gasteiger partial charge in [-0.25, -0.2) is 4.79 Å². The van der Waals surface area contributed by atoms with Crippen molar-refractivity contribution in [3.63, 3.8) is 0 Å². The van der Waals surface area contributed by atoms with E-state index in [-0.39, 0.29) is 23.9 Å². The molecule has 116 valence electrons. The van der Waals surface area contributed by atoms with Crippen molar-refractivity contribution >= 4 is 11.9 Å². The van der Waals surface area contributed by atoms with Gasteiger partial charge in [0.2, 0.25) is 0 Å². The molecule has 4 atom stereocenters. The van der Waals surface area contributed by atoms with E-state index >= 15 is 0 Å². The summed E-state index contributed by atoms with van der Waals surface area (Å²) in [4.78, 5) is 22.4. The van der Waals surface area contributed by atoms with Crippen LogP contribution in [-0.2, 0) is 14.3 Å². The first-order valence-electron chi connectivity index (χ1n) is 7.59. The first-order valence-corrected chi connectivity index (χ1v) is 7.59. The number of fused-ring (bicyclic) bond motifs is 1. The SMILES string of the molecule is CC(=O)OC1CC(C)=C2C(C=C(C)C(=O)O)CCC(C)C21. The molecule has 0 spiro atoms. The Morgan fingerprint density at radius 2 is 1.95 bits per heavy atom. The molecule has 2 aliphatic carbocycles. The first-order chi connectivity index (χ1) is 9.81. The average molecular weight is 292 g/mol. The number of rotatable bonds is 3. The molecule has 1 saturated carbocycles. The first kappa shape index (κ1) is 15.8. The second-order valence-electron chi connectivity index (χ2n) is 6.43. The van der Waals surface area contributed by atoms with Crippen LogP contribution in [0.2, 0.25) is 0 Å². The van der Waals surface area contributed by atoms with Crippen LogP contribution < -0.4 is 0 Å². The topological polar surface area (TPSA) is 63.6 Å². The molecule has 2 rings (SSSR count). The van der Waals surface area contributed by atoms with Crippen molar-refractivity contribution in [3.05, 3.63) is 22.8 Å². The van der Waals surface area contributed by atoms with Gasteiger partial charge in [0.15, 0.2) is 0 Å². The van der Waals surface area contributed by atoms with Gasteiger partial charge in [0, 0.05) is 24.8 Å². The van der Waals surface area contributed by atoms with Gasteiger partial charge < -0.3 is 9.84 Å². The lowest BCUT2D eigenvalue weighted by molar-refractivity contribution is -0.148. The van der Waals surface area contributed by atoms with E-state index in [0.717, 1.165) is 19.3 Å². The van der Waals surface area contributed by atoms with Gasteiger partial charge in [-0.3, -0.25) is 4.79 Å². The molecule has 1 fully saturated rings. The van der Waals surface area contributed by atoms with Crippen molar-refractivity contribution in [1.29, 1.82) is 0 Å². The highest BCUT2D eigenvalue weighted by molar-refractivity contribution is 5.85. The number of esters is 1. The lowest BCUT2D eigenvalue weighted by atomic mass is 9.70. The van der Waals surface area contributed by atoms with Crippen LogP contribution >= 0.6 is 0 Å². The maximum absolute atomic E-state index is 11.3. The third-order valence-corrected chi connectivity index (χ3v) is 4.81. The number of aliphatic carboxylic acids is 1. The summed E-state index contributed by atoms with van der Waals surface area (Å²) in [6, 6.07) is 0. The van der Waals surface area contributed by atoms with Crippen LogP contribution in [0.25, 0.3) is 0 Å². The molecule has 1 N–H and O–H groups in total. The lowest BCUT2D eigenvalue weighted by Gasteiger charge is -2.36. The van der Waals surface area contributed by atoms with Crippen LogP contribution in [0.5, 0.6) is 0 Å². The van der Waals surface area contributed by atoms with Gasteiger partial charge in [-0.15, -0.1) is 0 Å². The maximum atomic E-state index is 11.3. The monoisotopic (exact) mass is 292 g/mol. The summed E-state index contributed by atoms with van der Waals surface area (Å²) in [5.74, 6) is -0.219. The molecule has 0 aromatic rings. The van der Waals surface area contributed by atoms with Crippen molar-refractivity contribution < 1.29 is 19.4 Å². The molecule has 0 aromatic carbocycles. The Hall–Kier alpha value is -1.58. The van der Waals surface area contributed by atoms with E-state index in [1.807, 2.05) is 6.08 Å². The zero-order valence-corrected chi connectivity index (χ0v) is 13.2. The second kappa shape index (κ2) is 6.04. The predicted octanol–water partition coefficient (Wildman–Crippen LogP) is 3.33. The number of hydrogen-bond donors (Lipinski definition) is 1. The maximum Gasteiger partial charge on any atom is 0.330 e. The van der Waals surface area contributed by atoms with Gasteiger partial charge in [0.25, 0.3) is 0 Å². The van der Waals surface area contributed by atoms with E-state index < -0.39 is 5.97 Å². The molecule has 2 aliphatic rings. The Kier molecular flexibility index (Phi) is 4.55. The summed E-state index contributed by atoms with van der Waals surface area (Å²) in [6.07, 6.45) is 4.58. The highest BCUT2D eigenvalue weighted by Gasteiger charge is 2.43. The molecule has 0 aromatic heterocycles. The fourth-order valence-corrected chi connectivity index (χ4v) is 3.92. The van der Waals surface area contributed by atoms with Crippen LogP contribution in [0.4, 0.5) is 0 Å². The van der Waals surface area contributed by atoms with Crippen molar-refractivity contribution in [3.8, 4) is 0 Å². The van der Waals surface area contributed by atoms with Gasteiger partial charge in [-0.1, -0.05) is 24.1 Å². The number of hydrogen-bond acceptors (Lipinski definition) is 3. The minimum absolute atomic E-state index is 0.0752. The third kappa shape index (κ3) is 3.20. The Morgan fingerprint density at radius 3 is 2.52 bits per heavy atom. The molecule has 0 heterocycles. The average Bonchev–Trinajstić information content (AvgIpc) is 2.69. The number of carboxylic acids is 1. The lowest BCUT2D eigenvalue weighted by Crippen LogP contribution is -2.33. The summed E-state index contributed by atoms with van der Waals surface area (Å²) < 4.78 is 5.50. The molecule has 21 heavy (non-hydrogen) atoms. The van der Waals surface area contributed by atoms with Crippen molar-refractivity contribution in [1.82, 2.24) is 0 Å². The summed E-state index contributed by atoms with van der Waals surface area (Å²) in [5.41, 5.74) is 2.96. The van der Waals surface area contributed by atoms with E-state index in [1.165, 1.54) is 18.1 Å². The zero-order valence-electron chi connectivity index (χ0n) is 13.2. The van der Waals surface area contributed by atoms with Crippen LogP contribution in [0.15, 0.2) is 22.8 Å².